The standard InChI is InChI=1S/C22H25N3O7S.C2HF3O2/c1-2-3-13(20(28)25-16(21(29)30)11-18(26)27)10-15-8-9-17(33-15)22(31)32-14-6-4-12(5-7-14)19(23)24;3-2(4,5)1(6)7/h4-9,13,16H,2-3,10-11H2,1H3,(H3,23,24)(H,25,28)(H,26,27)(H,29,30);(H,6,7)/t13?,16-;/m0./s1. The second kappa shape index (κ2) is 15.2. The quantitative estimate of drug-likeness (QED) is 0.0920. The first-order valence-electron chi connectivity index (χ1n) is 11.4. The summed E-state index contributed by atoms with van der Waals surface area (Å²) < 4.78 is 37.1. The van der Waals surface area contributed by atoms with E-state index in [1.54, 1.807) is 24.3 Å². The summed E-state index contributed by atoms with van der Waals surface area (Å²) in [5.74, 6) is -7.01. The first kappa shape index (κ1) is 33.6. The van der Waals surface area contributed by atoms with Crippen LogP contribution in [-0.2, 0) is 25.6 Å². The maximum atomic E-state index is 12.6. The van der Waals surface area contributed by atoms with Crippen molar-refractivity contribution in [3.63, 3.8) is 0 Å². The summed E-state index contributed by atoms with van der Waals surface area (Å²) in [5.41, 5.74) is 5.90. The second-order valence-corrected chi connectivity index (χ2v) is 9.25. The fraction of sp³-hybridized carbons (Fsp3) is 0.333. The van der Waals surface area contributed by atoms with Crippen molar-refractivity contribution < 1.29 is 57.2 Å². The van der Waals surface area contributed by atoms with E-state index < -0.39 is 54.3 Å². The van der Waals surface area contributed by atoms with Gasteiger partial charge >= 0.3 is 30.1 Å². The van der Waals surface area contributed by atoms with Crippen LogP contribution in [0.3, 0.4) is 0 Å². The molecule has 0 fully saturated rings. The number of carboxylic acids is 3. The van der Waals surface area contributed by atoms with E-state index >= 15 is 0 Å². The number of amides is 1. The molecule has 0 aliphatic rings. The minimum Gasteiger partial charge on any atom is -0.481 e. The molecule has 218 valence electrons. The first-order chi connectivity index (χ1) is 18.5. The van der Waals surface area contributed by atoms with Gasteiger partial charge in [-0.1, -0.05) is 13.3 Å². The van der Waals surface area contributed by atoms with Crippen LogP contribution in [0, 0.1) is 11.3 Å². The van der Waals surface area contributed by atoms with E-state index in [-0.39, 0.29) is 12.3 Å². The minimum atomic E-state index is -5.08. The number of carbonyl (C=O) groups is 5. The molecule has 12 nitrogen and oxygen atoms in total. The number of hydrogen-bond donors (Lipinski definition) is 6. The summed E-state index contributed by atoms with van der Waals surface area (Å²) in [6.45, 7) is 1.88. The third kappa shape index (κ3) is 11.5. The van der Waals surface area contributed by atoms with Crippen molar-refractivity contribution in [1.29, 1.82) is 5.41 Å². The lowest BCUT2D eigenvalue weighted by Crippen LogP contribution is -2.45. The molecule has 16 heteroatoms. The zero-order valence-corrected chi connectivity index (χ0v) is 21.7. The normalized spacial score (nSPS) is 12.2. The molecule has 0 saturated carbocycles. The van der Waals surface area contributed by atoms with Gasteiger partial charge < -0.3 is 31.1 Å². The highest BCUT2D eigenvalue weighted by molar-refractivity contribution is 7.13. The molecule has 0 radical (unpaired) electrons. The van der Waals surface area contributed by atoms with Crippen LogP contribution in [0.25, 0.3) is 0 Å². The number of carboxylic acid groups (broad SMARTS) is 3. The number of halogens is 3. The zero-order chi connectivity index (χ0) is 30.6. The largest absolute Gasteiger partial charge is 0.490 e. The first-order valence-corrected chi connectivity index (χ1v) is 12.2. The van der Waals surface area contributed by atoms with Crippen LogP contribution >= 0.6 is 11.3 Å². The minimum absolute atomic E-state index is 0.0981. The highest BCUT2D eigenvalue weighted by Gasteiger charge is 2.38. The van der Waals surface area contributed by atoms with Gasteiger partial charge in [0.1, 0.15) is 22.5 Å². The van der Waals surface area contributed by atoms with Gasteiger partial charge in [-0.3, -0.25) is 15.0 Å². The Morgan fingerprint density at radius 3 is 2.08 bits per heavy atom. The van der Waals surface area contributed by atoms with Crippen LogP contribution in [0.1, 0.15) is 46.3 Å². The number of alkyl halides is 3. The Hall–Kier alpha value is -4.47. The van der Waals surface area contributed by atoms with Gasteiger partial charge in [-0.15, -0.1) is 11.3 Å². The second-order valence-electron chi connectivity index (χ2n) is 8.08. The molecule has 1 heterocycles. The summed E-state index contributed by atoms with van der Waals surface area (Å²) in [6.07, 6.45) is -4.41. The highest BCUT2D eigenvalue weighted by atomic mass is 32.1. The molecule has 0 bridgehead atoms. The van der Waals surface area contributed by atoms with Gasteiger partial charge in [0, 0.05) is 16.4 Å². The fourth-order valence-corrected chi connectivity index (χ4v) is 4.00. The van der Waals surface area contributed by atoms with Crippen molar-refractivity contribution in [1.82, 2.24) is 5.32 Å². The summed E-state index contributed by atoms with van der Waals surface area (Å²) in [4.78, 5) is 57.1. The molecule has 0 aliphatic carbocycles. The van der Waals surface area contributed by atoms with E-state index in [1.165, 1.54) is 12.1 Å². The number of nitrogen functional groups attached to an aromatic ring is 1. The van der Waals surface area contributed by atoms with Crippen LogP contribution in [-0.4, -0.2) is 63.2 Å². The number of ether oxygens (including phenoxy) is 1. The fourth-order valence-electron chi connectivity index (χ4n) is 3.04. The predicted octanol–water partition coefficient (Wildman–Crippen LogP) is 2.89. The average Bonchev–Trinajstić information content (AvgIpc) is 3.32. The van der Waals surface area contributed by atoms with Crippen LogP contribution < -0.4 is 15.8 Å². The Kier molecular flexibility index (Phi) is 12.8. The van der Waals surface area contributed by atoms with Crippen molar-refractivity contribution >= 4 is 47.0 Å². The van der Waals surface area contributed by atoms with E-state index in [4.69, 9.17) is 36.0 Å². The monoisotopic (exact) mass is 589 g/mol. The van der Waals surface area contributed by atoms with Crippen molar-refractivity contribution in [2.75, 3.05) is 0 Å². The molecule has 7 N–H and O–H groups in total. The molecule has 1 aromatic carbocycles. The Morgan fingerprint density at radius 2 is 1.62 bits per heavy atom. The Labute approximate surface area is 229 Å². The molecular weight excluding hydrogens is 563 g/mol. The number of nitrogens with one attached hydrogen (secondary N) is 2. The van der Waals surface area contributed by atoms with E-state index in [2.05, 4.69) is 5.32 Å². The third-order valence-corrected chi connectivity index (χ3v) is 6.02. The highest BCUT2D eigenvalue weighted by Crippen LogP contribution is 2.24. The van der Waals surface area contributed by atoms with E-state index in [1.807, 2.05) is 6.92 Å². The molecule has 2 rings (SSSR count). The molecule has 0 spiro atoms. The smallest absolute Gasteiger partial charge is 0.481 e. The van der Waals surface area contributed by atoms with Gasteiger partial charge in [0.25, 0.3) is 0 Å². The Morgan fingerprint density at radius 1 is 1.05 bits per heavy atom. The summed E-state index contributed by atoms with van der Waals surface area (Å²) in [7, 11) is 0. The number of benzene rings is 1. The number of aliphatic carboxylic acids is 3. The zero-order valence-electron chi connectivity index (χ0n) is 20.9. The lowest BCUT2D eigenvalue weighted by Gasteiger charge is -2.18. The van der Waals surface area contributed by atoms with Crippen LogP contribution in [0.2, 0.25) is 0 Å². The van der Waals surface area contributed by atoms with E-state index in [0.29, 0.717) is 29.0 Å². The van der Waals surface area contributed by atoms with Crippen LogP contribution in [0.5, 0.6) is 5.75 Å². The van der Waals surface area contributed by atoms with Gasteiger partial charge in [-0.25, -0.2) is 14.4 Å². The molecule has 1 amide bonds. The van der Waals surface area contributed by atoms with Crippen LogP contribution in [0.4, 0.5) is 13.2 Å². The number of thiophene rings is 1. The van der Waals surface area contributed by atoms with Crippen molar-refractivity contribution in [2.45, 2.75) is 44.8 Å². The molecule has 1 aromatic heterocycles. The van der Waals surface area contributed by atoms with Gasteiger partial charge in [0.2, 0.25) is 5.91 Å². The van der Waals surface area contributed by atoms with E-state index in [0.717, 1.165) is 16.2 Å². The average molecular weight is 590 g/mol. The summed E-state index contributed by atoms with van der Waals surface area (Å²) in [6, 6.07) is 7.94. The number of rotatable bonds is 12. The maximum absolute atomic E-state index is 12.6. The SMILES string of the molecule is CCCC(Cc1ccc(C(=O)Oc2ccc(C(=N)N)cc2)s1)C(=O)N[C@@H](CC(=O)O)C(=O)O.O=C(O)C(F)(F)F. The Bertz CT molecular complexity index is 1230. The molecule has 1 unspecified atom stereocenters. The predicted molar refractivity (Wildman–Crippen MR) is 134 cm³/mol. The van der Waals surface area contributed by atoms with Crippen molar-refractivity contribution in [2.24, 2.45) is 11.7 Å². The maximum Gasteiger partial charge on any atom is 0.490 e. The lowest BCUT2D eigenvalue weighted by atomic mass is 9.97. The molecule has 0 saturated heterocycles. The summed E-state index contributed by atoms with van der Waals surface area (Å²) >= 11 is 1.16. The van der Waals surface area contributed by atoms with Crippen molar-refractivity contribution in [3.05, 3.63) is 51.7 Å². The van der Waals surface area contributed by atoms with E-state index in [9.17, 15) is 32.3 Å². The van der Waals surface area contributed by atoms with Gasteiger partial charge in [-0.2, -0.15) is 13.2 Å². The number of carbonyl (C=O) groups excluding carboxylic acids is 2. The molecule has 2 atom stereocenters. The third-order valence-electron chi connectivity index (χ3n) is 4.93. The molecule has 40 heavy (non-hydrogen) atoms. The van der Waals surface area contributed by atoms with Gasteiger partial charge in [0.05, 0.1) is 6.42 Å². The molecular formula is C24H26F3N3O9S. The number of nitrogens with two attached hydrogens (primary N) is 1. The Balaban J connectivity index is 0.00000101. The number of amidine groups is 1. The van der Waals surface area contributed by atoms with Gasteiger partial charge in [-0.05, 0) is 49.2 Å². The van der Waals surface area contributed by atoms with Gasteiger partial charge in [0.15, 0.2) is 0 Å². The molecule has 0 aliphatic heterocycles. The topological polar surface area (TPSA) is 217 Å². The lowest BCUT2D eigenvalue weighted by molar-refractivity contribution is -0.192. The van der Waals surface area contributed by atoms with Crippen LogP contribution in [0.15, 0.2) is 36.4 Å². The molecule has 2 aromatic rings. The number of esters is 1. The summed E-state index contributed by atoms with van der Waals surface area (Å²) in [5, 5.41) is 34.8. The number of hydrogen-bond acceptors (Lipinski definition) is 8. The van der Waals surface area contributed by atoms with Crippen molar-refractivity contribution in [3.8, 4) is 5.75 Å².